The highest BCUT2D eigenvalue weighted by Gasteiger charge is 2.04. The van der Waals surface area contributed by atoms with E-state index >= 15 is 0 Å². The van der Waals surface area contributed by atoms with E-state index in [1.54, 1.807) is 12.1 Å². The number of rotatable bonds is 3. The van der Waals surface area contributed by atoms with Crippen LogP contribution in [0.2, 0.25) is 0 Å². The van der Waals surface area contributed by atoms with Crippen molar-refractivity contribution in [3.05, 3.63) is 52.4 Å². The third kappa shape index (κ3) is 2.61. The van der Waals surface area contributed by atoms with Crippen LogP contribution in [0.3, 0.4) is 0 Å². The van der Waals surface area contributed by atoms with Crippen LogP contribution in [0.5, 0.6) is 0 Å². The van der Waals surface area contributed by atoms with Gasteiger partial charge >= 0.3 is 0 Å². The summed E-state index contributed by atoms with van der Waals surface area (Å²) in [5.74, 6) is -0.341. The van der Waals surface area contributed by atoms with Crippen LogP contribution in [0.25, 0.3) is 0 Å². The molecular weight excluding hydrogens is 280 g/mol. The molecule has 84 valence electrons. The molecule has 0 aliphatic heterocycles. The Morgan fingerprint density at radius 3 is 2.69 bits per heavy atom. The third-order valence-electron chi connectivity index (χ3n) is 2.01. The highest BCUT2D eigenvalue weighted by Crippen LogP contribution is 2.18. The zero-order valence-corrected chi connectivity index (χ0v) is 9.72. The molecule has 2 aromatic rings. The molecule has 1 heterocycles. The SMILES string of the molecule is Fc1ccc(F)c(NCc2ccc(Br)o2)c1. The van der Waals surface area contributed by atoms with Crippen LogP contribution in [-0.2, 0) is 6.54 Å². The molecule has 16 heavy (non-hydrogen) atoms. The van der Waals surface area contributed by atoms with Crippen LogP contribution in [0.1, 0.15) is 5.76 Å². The van der Waals surface area contributed by atoms with E-state index in [0.717, 1.165) is 18.2 Å². The quantitative estimate of drug-likeness (QED) is 0.925. The van der Waals surface area contributed by atoms with Crippen LogP contribution >= 0.6 is 15.9 Å². The summed E-state index contributed by atoms with van der Waals surface area (Å²) in [6, 6.07) is 6.74. The Bertz CT molecular complexity index is 498. The van der Waals surface area contributed by atoms with Crippen molar-refractivity contribution >= 4 is 21.6 Å². The topological polar surface area (TPSA) is 25.2 Å². The van der Waals surface area contributed by atoms with Gasteiger partial charge in [-0.25, -0.2) is 8.78 Å². The van der Waals surface area contributed by atoms with Crippen molar-refractivity contribution in [2.24, 2.45) is 0 Å². The van der Waals surface area contributed by atoms with Gasteiger partial charge in [0, 0.05) is 0 Å². The molecule has 0 radical (unpaired) electrons. The first-order chi connectivity index (χ1) is 7.65. The molecule has 5 heteroatoms. The Morgan fingerprint density at radius 1 is 1.19 bits per heavy atom. The maximum absolute atomic E-state index is 13.2. The molecule has 2 rings (SSSR count). The van der Waals surface area contributed by atoms with Crippen molar-refractivity contribution < 1.29 is 13.2 Å². The summed E-state index contributed by atoms with van der Waals surface area (Å²) < 4.78 is 31.9. The Labute approximate surface area is 99.4 Å². The second-order valence-electron chi connectivity index (χ2n) is 3.18. The number of anilines is 1. The van der Waals surface area contributed by atoms with Gasteiger partial charge in [-0.15, -0.1) is 0 Å². The summed E-state index contributed by atoms with van der Waals surface area (Å²) in [4.78, 5) is 0. The predicted molar refractivity (Wildman–Crippen MR) is 60.1 cm³/mol. The van der Waals surface area contributed by atoms with Gasteiger partial charge in [-0.2, -0.15) is 0 Å². The largest absolute Gasteiger partial charge is 0.452 e. The predicted octanol–water partition coefficient (Wildman–Crippen LogP) is 3.93. The van der Waals surface area contributed by atoms with Gasteiger partial charge in [0.25, 0.3) is 0 Å². The zero-order chi connectivity index (χ0) is 11.5. The lowest BCUT2D eigenvalue weighted by atomic mass is 10.3. The van der Waals surface area contributed by atoms with Crippen LogP contribution in [0, 0.1) is 11.6 Å². The maximum atomic E-state index is 13.2. The average Bonchev–Trinajstić information content (AvgIpc) is 2.66. The normalized spacial score (nSPS) is 10.4. The molecule has 0 unspecified atom stereocenters. The van der Waals surface area contributed by atoms with E-state index in [1.807, 2.05) is 0 Å². The van der Waals surface area contributed by atoms with E-state index in [0.29, 0.717) is 17.0 Å². The molecule has 1 N–H and O–H groups in total. The summed E-state index contributed by atoms with van der Waals surface area (Å²) in [6.45, 7) is 0.298. The highest BCUT2D eigenvalue weighted by molar-refractivity contribution is 9.10. The minimum absolute atomic E-state index is 0.118. The van der Waals surface area contributed by atoms with Crippen LogP contribution in [-0.4, -0.2) is 0 Å². The van der Waals surface area contributed by atoms with Crippen molar-refractivity contribution in [3.63, 3.8) is 0 Å². The van der Waals surface area contributed by atoms with Gasteiger partial charge in [0.1, 0.15) is 17.4 Å². The minimum atomic E-state index is -0.493. The van der Waals surface area contributed by atoms with Crippen LogP contribution in [0.4, 0.5) is 14.5 Å². The van der Waals surface area contributed by atoms with Crippen molar-refractivity contribution in [2.45, 2.75) is 6.54 Å². The molecule has 1 aromatic heterocycles. The number of hydrogen-bond donors (Lipinski definition) is 1. The van der Waals surface area contributed by atoms with Gasteiger partial charge in [0.2, 0.25) is 0 Å². The maximum Gasteiger partial charge on any atom is 0.169 e. The smallest absolute Gasteiger partial charge is 0.169 e. The first kappa shape index (κ1) is 11.1. The number of benzene rings is 1. The second kappa shape index (κ2) is 4.65. The monoisotopic (exact) mass is 287 g/mol. The summed E-state index contributed by atoms with van der Waals surface area (Å²) in [6.07, 6.45) is 0. The van der Waals surface area contributed by atoms with Crippen LogP contribution < -0.4 is 5.32 Å². The molecular formula is C11H8BrF2NO. The number of hydrogen-bond acceptors (Lipinski definition) is 2. The Morgan fingerprint density at radius 2 is 2.00 bits per heavy atom. The fourth-order valence-corrected chi connectivity index (χ4v) is 1.60. The fourth-order valence-electron chi connectivity index (χ4n) is 1.26. The van der Waals surface area contributed by atoms with Gasteiger partial charge in [-0.1, -0.05) is 0 Å². The van der Waals surface area contributed by atoms with Crippen molar-refractivity contribution in [1.82, 2.24) is 0 Å². The lowest BCUT2D eigenvalue weighted by Crippen LogP contribution is -2.00. The number of furan rings is 1. The van der Waals surface area contributed by atoms with Gasteiger partial charge < -0.3 is 9.73 Å². The molecule has 0 fully saturated rings. The minimum Gasteiger partial charge on any atom is -0.452 e. The second-order valence-corrected chi connectivity index (χ2v) is 3.97. The molecule has 0 saturated carbocycles. The summed E-state index contributed by atoms with van der Waals surface area (Å²) in [5, 5.41) is 2.75. The zero-order valence-electron chi connectivity index (χ0n) is 8.14. The molecule has 0 amide bonds. The fraction of sp³-hybridized carbons (Fsp3) is 0.0909. The van der Waals surface area contributed by atoms with Gasteiger partial charge in [0.05, 0.1) is 12.2 Å². The average molecular weight is 288 g/mol. The Balaban J connectivity index is 2.07. The lowest BCUT2D eigenvalue weighted by Gasteiger charge is -2.05. The van der Waals surface area contributed by atoms with E-state index in [-0.39, 0.29) is 5.69 Å². The highest BCUT2D eigenvalue weighted by atomic mass is 79.9. The first-order valence-electron chi connectivity index (χ1n) is 4.58. The summed E-state index contributed by atoms with van der Waals surface area (Å²) >= 11 is 3.16. The molecule has 0 atom stereocenters. The molecule has 0 aliphatic carbocycles. The van der Waals surface area contributed by atoms with Crippen molar-refractivity contribution in [3.8, 4) is 0 Å². The third-order valence-corrected chi connectivity index (χ3v) is 2.44. The molecule has 0 aliphatic rings. The van der Waals surface area contributed by atoms with E-state index < -0.39 is 11.6 Å². The van der Waals surface area contributed by atoms with Gasteiger partial charge in [-0.05, 0) is 46.3 Å². The molecule has 2 nitrogen and oxygen atoms in total. The molecule has 0 bridgehead atoms. The first-order valence-corrected chi connectivity index (χ1v) is 5.37. The lowest BCUT2D eigenvalue weighted by molar-refractivity contribution is 0.495. The number of halogens is 3. The molecule has 0 saturated heterocycles. The van der Waals surface area contributed by atoms with E-state index in [9.17, 15) is 8.78 Å². The van der Waals surface area contributed by atoms with Crippen molar-refractivity contribution in [2.75, 3.05) is 5.32 Å². The molecule has 1 aromatic carbocycles. The van der Waals surface area contributed by atoms with Crippen LogP contribution in [0.15, 0.2) is 39.4 Å². The van der Waals surface area contributed by atoms with Crippen molar-refractivity contribution in [1.29, 1.82) is 0 Å². The standard InChI is InChI=1S/C11H8BrF2NO/c12-11-4-2-8(16-11)6-15-10-5-7(13)1-3-9(10)14/h1-5,15H,6H2. The van der Waals surface area contributed by atoms with Gasteiger partial charge in [0.15, 0.2) is 4.67 Å². The van der Waals surface area contributed by atoms with Gasteiger partial charge in [-0.3, -0.25) is 0 Å². The summed E-state index contributed by atoms with van der Waals surface area (Å²) in [5.41, 5.74) is 0.118. The summed E-state index contributed by atoms with van der Waals surface area (Å²) in [7, 11) is 0. The molecule has 0 spiro atoms. The van der Waals surface area contributed by atoms with E-state index in [1.165, 1.54) is 0 Å². The number of nitrogens with one attached hydrogen (secondary N) is 1. The Kier molecular flexibility index (Phi) is 3.24. The van der Waals surface area contributed by atoms with E-state index in [4.69, 9.17) is 4.42 Å². The Hall–Kier alpha value is -1.36. The van der Waals surface area contributed by atoms with E-state index in [2.05, 4.69) is 21.2 Å².